The molecule has 1 fully saturated rings. The zero-order valence-corrected chi connectivity index (χ0v) is 19.9. The second kappa shape index (κ2) is 11.1. The van der Waals surface area contributed by atoms with Gasteiger partial charge >= 0.3 is 0 Å². The molecule has 0 bridgehead atoms. The summed E-state index contributed by atoms with van der Waals surface area (Å²) in [5.41, 5.74) is 1.66. The molecule has 0 aliphatic carbocycles. The third kappa shape index (κ3) is 7.22. The van der Waals surface area contributed by atoms with Gasteiger partial charge in [-0.3, -0.25) is 9.58 Å². The summed E-state index contributed by atoms with van der Waals surface area (Å²) in [5, 5.41) is 15.8. The highest BCUT2D eigenvalue weighted by Crippen LogP contribution is 2.25. The SMILES string of the molecule is Cc1ccc(OC[C@]2(O)CCCN(Cc3ccc(OCCn4cc(Cl)cn4)cc3)CC2)cc1. The van der Waals surface area contributed by atoms with Crippen molar-refractivity contribution in [1.82, 2.24) is 14.7 Å². The first-order valence-electron chi connectivity index (χ1n) is 11.5. The Morgan fingerprint density at radius 3 is 2.45 bits per heavy atom. The molecular weight excluding hydrogens is 438 g/mol. The number of nitrogens with zero attached hydrogens (tertiary/aromatic N) is 3. The lowest BCUT2D eigenvalue weighted by molar-refractivity contribution is -0.0168. The average molecular weight is 470 g/mol. The summed E-state index contributed by atoms with van der Waals surface area (Å²) in [6, 6.07) is 16.2. The summed E-state index contributed by atoms with van der Waals surface area (Å²) >= 11 is 5.88. The Balaban J connectivity index is 1.21. The molecule has 1 atom stereocenters. The van der Waals surface area contributed by atoms with E-state index in [1.807, 2.05) is 36.4 Å². The second-order valence-electron chi connectivity index (χ2n) is 8.87. The fourth-order valence-corrected chi connectivity index (χ4v) is 4.21. The molecule has 176 valence electrons. The van der Waals surface area contributed by atoms with E-state index >= 15 is 0 Å². The van der Waals surface area contributed by atoms with Crippen LogP contribution in [0.25, 0.3) is 0 Å². The van der Waals surface area contributed by atoms with Gasteiger partial charge in [0, 0.05) is 19.3 Å². The van der Waals surface area contributed by atoms with E-state index in [4.69, 9.17) is 21.1 Å². The number of halogens is 1. The predicted octanol–water partition coefficient (Wildman–Crippen LogP) is 4.72. The van der Waals surface area contributed by atoms with Crippen molar-refractivity contribution < 1.29 is 14.6 Å². The van der Waals surface area contributed by atoms with Crippen LogP contribution < -0.4 is 9.47 Å². The minimum atomic E-state index is -0.782. The fraction of sp³-hybridized carbons (Fsp3) is 0.423. The van der Waals surface area contributed by atoms with E-state index in [2.05, 4.69) is 29.1 Å². The first-order chi connectivity index (χ1) is 16.0. The standard InChI is InChI=1S/C26H32ClN3O3/c1-21-3-7-25(8-4-21)33-20-26(31)11-2-13-29(14-12-26)18-22-5-9-24(10-6-22)32-16-15-30-19-23(27)17-28-30/h3-10,17,19,31H,2,11-16,18,20H2,1H3/t26-/m0/s1. The summed E-state index contributed by atoms with van der Waals surface area (Å²) in [7, 11) is 0. The molecule has 0 unspecified atom stereocenters. The van der Waals surface area contributed by atoms with Crippen molar-refractivity contribution in [3.05, 3.63) is 77.1 Å². The first kappa shape index (κ1) is 23.6. The zero-order valence-electron chi connectivity index (χ0n) is 19.1. The third-order valence-electron chi connectivity index (χ3n) is 6.06. The molecule has 0 amide bonds. The van der Waals surface area contributed by atoms with Crippen molar-refractivity contribution in [2.45, 2.75) is 44.9 Å². The molecule has 1 aliphatic rings. The number of aryl methyl sites for hydroxylation is 1. The van der Waals surface area contributed by atoms with Crippen LogP contribution in [0.15, 0.2) is 60.9 Å². The van der Waals surface area contributed by atoms with Gasteiger partial charge in [0.15, 0.2) is 0 Å². The maximum atomic E-state index is 11.1. The maximum absolute atomic E-state index is 11.1. The molecular formula is C26H32ClN3O3. The molecule has 1 saturated heterocycles. The van der Waals surface area contributed by atoms with E-state index < -0.39 is 5.60 Å². The molecule has 3 aromatic rings. The van der Waals surface area contributed by atoms with Crippen LogP contribution in [0.3, 0.4) is 0 Å². The van der Waals surface area contributed by atoms with E-state index in [1.54, 1.807) is 17.1 Å². The molecule has 1 aromatic heterocycles. The van der Waals surface area contributed by atoms with Gasteiger partial charge in [-0.25, -0.2) is 0 Å². The summed E-state index contributed by atoms with van der Waals surface area (Å²) in [6.45, 7) is 6.25. The minimum Gasteiger partial charge on any atom is -0.492 e. The Hall–Kier alpha value is -2.54. The zero-order chi connectivity index (χ0) is 23.1. The van der Waals surface area contributed by atoms with Crippen LogP contribution in [0.4, 0.5) is 0 Å². The minimum absolute atomic E-state index is 0.334. The van der Waals surface area contributed by atoms with Crippen LogP contribution in [-0.2, 0) is 13.1 Å². The normalized spacial score (nSPS) is 19.2. The van der Waals surface area contributed by atoms with Crippen LogP contribution >= 0.6 is 11.6 Å². The van der Waals surface area contributed by atoms with Crippen molar-refractivity contribution in [1.29, 1.82) is 0 Å². The lowest BCUT2D eigenvalue weighted by atomic mass is 9.96. The van der Waals surface area contributed by atoms with E-state index in [9.17, 15) is 5.11 Å². The number of benzene rings is 2. The van der Waals surface area contributed by atoms with Crippen LogP contribution in [0.1, 0.15) is 30.4 Å². The predicted molar refractivity (Wildman–Crippen MR) is 130 cm³/mol. The fourth-order valence-electron chi connectivity index (χ4n) is 4.06. The van der Waals surface area contributed by atoms with Gasteiger partial charge in [-0.2, -0.15) is 5.10 Å². The second-order valence-corrected chi connectivity index (χ2v) is 9.31. The number of hydrogen-bond donors (Lipinski definition) is 1. The van der Waals surface area contributed by atoms with Crippen LogP contribution in [0.5, 0.6) is 11.5 Å². The van der Waals surface area contributed by atoms with Gasteiger partial charge in [-0.1, -0.05) is 41.4 Å². The smallest absolute Gasteiger partial charge is 0.119 e. The summed E-state index contributed by atoms with van der Waals surface area (Å²) in [5.74, 6) is 1.65. The van der Waals surface area contributed by atoms with Gasteiger partial charge in [0.05, 0.1) is 23.4 Å². The van der Waals surface area contributed by atoms with E-state index in [0.29, 0.717) is 31.2 Å². The van der Waals surface area contributed by atoms with Crippen LogP contribution in [-0.4, -0.2) is 51.7 Å². The Bertz CT molecular complexity index is 1010. The quantitative estimate of drug-likeness (QED) is 0.491. The van der Waals surface area contributed by atoms with E-state index in [1.165, 1.54) is 11.1 Å². The first-order valence-corrected chi connectivity index (χ1v) is 11.9. The highest BCUT2D eigenvalue weighted by atomic mass is 35.5. The van der Waals surface area contributed by atoms with E-state index in [-0.39, 0.29) is 0 Å². The number of aliphatic hydroxyl groups is 1. The Morgan fingerprint density at radius 1 is 1.00 bits per heavy atom. The molecule has 1 N–H and O–H groups in total. The molecule has 2 aromatic carbocycles. The van der Waals surface area contributed by atoms with Gasteiger partial charge in [-0.15, -0.1) is 0 Å². The van der Waals surface area contributed by atoms with Crippen LogP contribution in [0, 0.1) is 6.92 Å². The van der Waals surface area contributed by atoms with Crippen LogP contribution in [0.2, 0.25) is 5.02 Å². The monoisotopic (exact) mass is 469 g/mol. The van der Waals surface area contributed by atoms with Gasteiger partial charge in [0.2, 0.25) is 0 Å². The Kier molecular flexibility index (Phi) is 7.91. The number of ether oxygens (including phenoxy) is 2. The maximum Gasteiger partial charge on any atom is 0.119 e. The van der Waals surface area contributed by atoms with Crippen molar-refractivity contribution in [3.8, 4) is 11.5 Å². The topological polar surface area (TPSA) is 59.8 Å². The molecule has 6 nitrogen and oxygen atoms in total. The molecule has 33 heavy (non-hydrogen) atoms. The van der Waals surface area contributed by atoms with Gasteiger partial charge in [0.25, 0.3) is 0 Å². The van der Waals surface area contributed by atoms with E-state index in [0.717, 1.165) is 44.0 Å². The molecule has 0 saturated carbocycles. The largest absolute Gasteiger partial charge is 0.492 e. The number of aromatic nitrogens is 2. The third-order valence-corrected chi connectivity index (χ3v) is 6.25. The molecule has 7 heteroatoms. The highest BCUT2D eigenvalue weighted by molar-refractivity contribution is 6.30. The number of hydrogen-bond acceptors (Lipinski definition) is 5. The van der Waals surface area contributed by atoms with Gasteiger partial charge in [-0.05, 0) is 62.6 Å². The van der Waals surface area contributed by atoms with Crippen molar-refractivity contribution >= 4 is 11.6 Å². The molecule has 1 aliphatic heterocycles. The Morgan fingerprint density at radius 2 is 1.73 bits per heavy atom. The number of rotatable bonds is 9. The van der Waals surface area contributed by atoms with Gasteiger partial charge < -0.3 is 14.6 Å². The average Bonchev–Trinajstić information content (AvgIpc) is 3.14. The summed E-state index contributed by atoms with van der Waals surface area (Å²) < 4.78 is 13.5. The molecule has 2 heterocycles. The van der Waals surface area contributed by atoms with Crippen molar-refractivity contribution in [2.75, 3.05) is 26.3 Å². The van der Waals surface area contributed by atoms with Crippen molar-refractivity contribution in [2.24, 2.45) is 0 Å². The highest BCUT2D eigenvalue weighted by Gasteiger charge is 2.31. The number of likely N-dealkylation sites (tertiary alicyclic amines) is 1. The summed E-state index contributed by atoms with van der Waals surface area (Å²) in [4.78, 5) is 2.40. The van der Waals surface area contributed by atoms with Gasteiger partial charge in [0.1, 0.15) is 24.7 Å². The molecule has 0 spiro atoms. The lowest BCUT2D eigenvalue weighted by Gasteiger charge is -2.27. The Labute approximate surface area is 200 Å². The lowest BCUT2D eigenvalue weighted by Crippen LogP contribution is -2.37. The molecule has 4 rings (SSSR count). The summed E-state index contributed by atoms with van der Waals surface area (Å²) in [6.07, 6.45) is 5.81. The molecule has 0 radical (unpaired) electrons. The van der Waals surface area contributed by atoms with Crippen molar-refractivity contribution in [3.63, 3.8) is 0 Å².